The number of hydrogen-bond donors (Lipinski definition) is 2. The van der Waals surface area contributed by atoms with E-state index in [9.17, 15) is 19.8 Å². The normalized spacial score (nSPS) is 10.6. The number of carbonyl (C=O) groups is 2. The summed E-state index contributed by atoms with van der Waals surface area (Å²) < 4.78 is 0.980. The van der Waals surface area contributed by atoms with E-state index in [2.05, 4.69) is 0 Å². The number of anilines is 1. The number of amides is 1. The number of aliphatic hydroxyl groups is 1. The molecule has 0 saturated heterocycles. The van der Waals surface area contributed by atoms with Crippen molar-refractivity contribution in [2.24, 2.45) is 0 Å². The summed E-state index contributed by atoms with van der Waals surface area (Å²) in [6.07, 6.45) is 0. The fraction of sp³-hybridized carbons (Fsp3) is 0.130. The molecule has 0 spiro atoms. The average Bonchev–Trinajstić information content (AvgIpc) is 2.72. The van der Waals surface area contributed by atoms with Crippen LogP contribution in [0.2, 0.25) is 0 Å². The Bertz CT molecular complexity index is 1060. The van der Waals surface area contributed by atoms with Gasteiger partial charge >= 0.3 is 5.97 Å². The average molecular weight is 410 g/mol. The lowest BCUT2D eigenvalue weighted by Crippen LogP contribution is -2.24. The number of benzene rings is 3. The number of nitrogens with zero attached hydrogens (tertiary/aromatic N) is 1. The van der Waals surface area contributed by atoms with Crippen molar-refractivity contribution in [3.63, 3.8) is 0 Å². The quantitative estimate of drug-likeness (QED) is 0.584. The van der Waals surface area contributed by atoms with Gasteiger partial charge in [-0.05, 0) is 54.3 Å². The highest BCUT2D eigenvalue weighted by Crippen LogP contribution is 2.34. The molecule has 0 radical (unpaired) electrons. The largest absolute Gasteiger partial charge is 0.478 e. The topological polar surface area (TPSA) is 77.8 Å². The predicted octanol–water partition coefficient (Wildman–Crippen LogP) is 4.96. The first-order chi connectivity index (χ1) is 13.8. The highest BCUT2D eigenvalue weighted by molar-refractivity contribution is 6.39. The van der Waals surface area contributed by atoms with Gasteiger partial charge < -0.3 is 10.2 Å². The van der Waals surface area contributed by atoms with Crippen LogP contribution in [0.25, 0.3) is 11.1 Å². The summed E-state index contributed by atoms with van der Waals surface area (Å²) in [7, 11) is 0. The van der Waals surface area contributed by atoms with Gasteiger partial charge in [-0.1, -0.05) is 42.5 Å². The number of aryl methyl sites for hydroxylation is 2. The van der Waals surface area contributed by atoms with Gasteiger partial charge in [0, 0.05) is 22.9 Å². The smallest absolute Gasteiger partial charge is 0.335 e. The predicted molar refractivity (Wildman–Crippen MR) is 113 cm³/mol. The molecule has 0 fully saturated rings. The van der Waals surface area contributed by atoms with Gasteiger partial charge in [0.25, 0.3) is 5.91 Å². The summed E-state index contributed by atoms with van der Waals surface area (Å²) in [6.45, 7) is 3.04. The van der Waals surface area contributed by atoms with Gasteiger partial charge in [0.15, 0.2) is 0 Å². The molecule has 0 bridgehead atoms. The van der Waals surface area contributed by atoms with E-state index in [0.29, 0.717) is 27.9 Å². The van der Waals surface area contributed by atoms with E-state index in [1.54, 1.807) is 26.0 Å². The first-order valence-electron chi connectivity index (χ1n) is 8.98. The Morgan fingerprint density at radius 1 is 0.966 bits per heavy atom. The minimum atomic E-state index is -1.06. The molecule has 0 aliphatic carbocycles. The van der Waals surface area contributed by atoms with Crippen molar-refractivity contribution >= 4 is 29.3 Å². The molecule has 0 saturated carbocycles. The zero-order valence-electron chi connectivity index (χ0n) is 16.0. The zero-order chi connectivity index (χ0) is 21.1. The van der Waals surface area contributed by atoms with E-state index >= 15 is 0 Å². The van der Waals surface area contributed by atoms with Gasteiger partial charge in [0.05, 0.1) is 17.9 Å². The highest BCUT2D eigenvalue weighted by atomic mass is 35.5. The van der Waals surface area contributed by atoms with Crippen LogP contribution in [0, 0.1) is 13.8 Å². The van der Waals surface area contributed by atoms with Gasteiger partial charge in [-0.2, -0.15) is 0 Å². The number of aliphatic hydroxyl groups excluding tert-OH is 1. The molecule has 29 heavy (non-hydrogen) atoms. The number of aromatic carboxylic acids is 1. The second kappa shape index (κ2) is 8.47. The second-order valence-electron chi connectivity index (χ2n) is 6.70. The summed E-state index contributed by atoms with van der Waals surface area (Å²) in [6, 6.07) is 17.7. The number of carbonyl (C=O) groups excluding carboxylic acids is 1. The Balaban J connectivity index is 2.07. The fourth-order valence-electron chi connectivity index (χ4n) is 3.44. The van der Waals surface area contributed by atoms with Crippen LogP contribution in [-0.2, 0) is 6.61 Å². The first kappa shape index (κ1) is 20.6. The van der Waals surface area contributed by atoms with Gasteiger partial charge in [-0.3, -0.25) is 4.79 Å². The monoisotopic (exact) mass is 409 g/mol. The third-order valence-corrected chi connectivity index (χ3v) is 5.11. The molecule has 5 nitrogen and oxygen atoms in total. The van der Waals surface area contributed by atoms with E-state index in [1.165, 1.54) is 12.1 Å². The SMILES string of the molecule is Cc1cc(C(=O)O)cc(C)c1C(=O)N(Cl)c1cccc(-c2ccccc2)c1CO. The van der Waals surface area contributed by atoms with Crippen molar-refractivity contribution < 1.29 is 19.8 Å². The molecular formula is C23H20ClNO4. The lowest BCUT2D eigenvalue weighted by molar-refractivity contribution is 0.0696. The Labute approximate surface area is 173 Å². The molecule has 0 unspecified atom stereocenters. The van der Waals surface area contributed by atoms with E-state index in [1.807, 2.05) is 36.4 Å². The van der Waals surface area contributed by atoms with Crippen molar-refractivity contribution in [1.29, 1.82) is 0 Å². The van der Waals surface area contributed by atoms with Crippen LogP contribution < -0.4 is 4.42 Å². The van der Waals surface area contributed by atoms with Crippen molar-refractivity contribution in [2.45, 2.75) is 20.5 Å². The molecule has 0 heterocycles. The lowest BCUT2D eigenvalue weighted by Gasteiger charge is -2.21. The Morgan fingerprint density at radius 2 is 1.59 bits per heavy atom. The van der Waals surface area contributed by atoms with Crippen molar-refractivity contribution in [2.75, 3.05) is 4.42 Å². The van der Waals surface area contributed by atoms with Gasteiger partial charge in [-0.15, -0.1) is 0 Å². The fourth-order valence-corrected chi connectivity index (χ4v) is 3.69. The third kappa shape index (κ3) is 4.01. The molecule has 3 rings (SSSR count). The zero-order valence-corrected chi connectivity index (χ0v) is 16.8. The van der Waals surface area contributed by atoms with Crippen LogP contribution in [0.1, 0.15) is 37.4 Å². The molecule has 0 aromatic heterocycles. The molecule has 2 N–H and O–H groups in total. The molecule has 6 heteroatoms. The minimum Gasteiger partial charge on any atom is -0.478 e. The number of rotatable bonds is 5. The van der Waals surface area contributed by atoms with Crippen LogP contribution in [-0.4, -0.2) is 22.1 Å². The first-order valence-corrected chi connectivity index (χ1v) is 9.32. The maximum absolute atomic E-state index is 13.1. The third-order valence-electron chi connectivity index (χ3n) is 4.78. The van der Waals surface area contributed by atoms with E-state index in [4.69, 9.17) is 11.8 Å². The van der Waals surface area contributed by atoms with Gasteiger partial charge in [0.1, 0.15) is 0 Å². The second-order valence-corrected chi connectivity index (χ2v) is 7.04. The van der Waals surface area contributed by atoms with Crippen molar-refractivity contribution in [1.82, 2.24) is 0 Å². The minimum absolute atomic E-state index is 0.111. The summed E-state index contributed by atoms with van der Waals surface area (Å²) in [5, 5.41) is 19.2. The van der Waals surface area contributed by atoms with E-state index in [0.717, 1.165) is 15.5 Å². The molecular weight excluding hydrogens is 390 g/mol. The van der Waals surface area contributed by atoms with Crippen molar-refractivity contribution in [3.8, 4) is 11.1 Å². The van der Waals surface area contributed by atoms with Gasteiger partial charge in [0.2, 0.25) is 0 Å². The number of carboxylic acids is 1. The van der Waals surface area contributed by atoms with Crippen LogP contribution in [0.15, 0.2) is 60.7 Å². The molecule has 0 aliphatic heterocycles. The lowest BCUT2D eigenvalue weighted by atomic mass is 9.97. The highest BCUT2D eigenvalue weighted by Gasteiger charge is 2.24. The van der Waals surface area contributed by atoms with Crippen LogP contribution in [0.4, 0.5) is 5.69 Å². The molecule has 148 valence electrons. The van der Waals surface area contributed by atoms with Crippen LogP contribution in [0.5, 0.6) is 0 Å². The van der Waals surface area contributed by atoms with Crippen molar-refractivity contribution in [3.05, 3.63) is 88.5 Å². The number of carboxylic acid groups (broad SMARTS) is 1. The van der Waals surface area contributed by atoms with Gasteiger partial charge in [-0.25, -0.2) is 9.21 Å². The Hall–Kier alpha value is -3.15. The summed E-state index contributed by atoms with van der Waals surface area (Å²) in [5.41, 5.74) is 4.05. The Morgan fingerprint density at radius 3 is 2.14 bits per heavy atom. The van der Waals surface area contributed by atoms with E-state index in [-0.39, 0.29) is 12.2 Å². The molecule has 0 aliphatic rings. The maximum atomic E-state index is 13.1. The maximum Gasteiger partial charge on any atom is 0.335 e. The summed E-state index contributed by atoms with van der Waals surface area (Å²) >= 11 is 6.44. The van der Waals surface area contributed by atoms with Crippen LogP contribution >= 0.6 is 11.8 Å². The Kier molecular flexibility index (Phi) is 6.01. The standard InChI is InChI=1S/C23H20ClNO4/c1-14-11-17(23(28)29)12-15(2)21(14)22(27)25(24)20-10-6-9-18(19(20)13-26)16-7-4-3-5-8-16/h3-12,26H,13H2,1-2H3,(H,28,29). The summed E-state index contributed by atoms with van der Waals surface area (Å²) in [5.74, 6) is -1.55. The number of halogens is 1. The molecule has 3 aromatic rings. The number of hydrogen-bond acceptors (Lipinski definition) is 3. The summed E-state index contributed by atoms with van der Waals surface area (Å²) in [4.78, 5) is 24.4. The van der Waals surface area contributed by atoms with E-state index < -0.39 is 11.9 Å². The van der Waals surface area contributed by atoms with Crippen LogP contribution in [0.3, 0.4) is 0 Å². The molecule has 3 aromatic carbocycles. The molecule has 1 amide bonds. The molecule has 0 atom stereocenters.